The number of piperidine rings is 1. The van der Waals surface area contributed by atoms with E-state index in [1.165, 1.54) is 9.13 Å². The van der Waals surface area contributed by atoms with E-state index in [1.54, 1.807) is 36.6 Å². The van der Waals surface area contributed by atoms with Crippen LogP contribution in [-0.2, 0) is 24.1 Å². The predicted molar refractivity (Wildman–Crippen MR) is 101 cm³/mol. The van der Waals surface area contributed by atoms with E-state index in [1.807, 2.05) is 7.05 Å². The minimum Gasteiger partial charge on any atom is -0.319 e. The summed E-state index contributed by atoms with van der Waals surface area (Å²) in [7, 11) is 1.74. The maximum Gasteiger partial charge on any atom is 0.328 e. The molecule has 0 atom stereocenters. The largest absolute Gasteiger partial charge is 0.328 e. The van der Waals surface area contributed by atoms with Gasteiger partial charge in [0.2, 0.25) is 10.0 Å². The van der Waals surface area contributed by atoms with Crippen LogP contribution in [0.25, 0.3) is 11.0 Å². The number of rotatable bonds is 4. The highest BCUT2D eigenvalue weighted by atomic mass is 35.5. The van der Waals surface area contributed by atoms with Gasteiger partial charge in [-0.05, 0) is 50.6 Å². The SMILES string of the molecule is CNCC1CCN(S(=O)(=O)c2ccc3c(c2)n(C)c(=O)n3C)CC1.Cl. The number of imidazole rings is 1. The molecular formula is C16H25ClN4O3S. The molecule has 0 spiro atoms. The Kier molecular flexibility index (Phi) is 5.98. The number of sulfonamides is 1. The second kappa shape index (κ2) is 7.49. The molecule has 0 bridgehead atoms. The van der Waals surface area contributed by atoms with Crippen molar-refractivity contribution in [3.63, 3.8) is 0 Å². The number of hydrogen-bond acceptors (Lipinski definition) is 4. The van der Waals surface area contributed by atoms with Crippen LogP contribution in [0.3, 0.4) is 0 Å². The Hall–Kier alpha value is -1.35. The molecule has 0 saturated carbocycles. The smallest absolute Gasteiger partial charge is 0.319 e. The molecule has 1 aliphatic heterocycles. The minimum absolute atomic E-state index is 0. The molecule has 25 heavy (non-hydrogen) atoms. The molecular weight excluding hydrogens is 364 g/mol. The van der Waals surface area contributed by atoms with Crippen LogP contribution >= 0.6 is 12.4 Å². The predicted octanol–water partition coefficient (Wildman–Crippen LogP) is 0.919. The van der Waals surface area contributed by atoms with Crippen molar-refractivity contribution in [1.82, 2.24) is 18.8 Å². The van der Waals surface area contributed by atoms with Gasteiger partial charge in [0.15, 0.2) is 0 Å². The Bertz CT molecular complexity index is 911. The van der Waals surface area contributed by atoms with Crippen LogP contribution < -0.4 is 11.0 Å². The fraction of sp³-hybridized carbons (Fsp3) is 0.562. The van der Waals surface area contributed by atoms with Gasteiger partial charge in [0.05, 0.1) is 15.9 Å². The van der Waals surface area contributed by atoms with Crippen molar-refractivity contribution in [3.8, 4) is 0 Å². The molecule has 0 amide bonds. The second-order valence-corrected chi connectivity index (χ2v) is 8.39. The monoisotopic (exact) mass is 388 g/mol. The molecule has 1 fully saturated rings. The molecule has 1 aromatic carbocycles. The molecule has 7 nitrogen and oxygen atoms in total. The minimum atomic E-state index is -3.52. The van der Waals surface area contributed by atoms with E-state index < -0.39 is 10.0 Å². The van der Waals surface area contributed by atoms with Crippen molar-refractivity contribution in [2.45, 2.75) is 17.7 Å². The van der Waals surface area contributed by atoms with Crippen LogP contribution in [-0.4, -0.2) is 48.5 Å². The molecule has 1 N–H and O–H groups in total. The zero-order chi connectivity index (χ0) is 17.5. The van der Waals surface area contributed by atoms with Gasteiger partial charge in [0, 0.05) is 27.2 Å². The lowest BCUT2D eigenvalue weighted by Crippen LogP contribution is -2.40. The van der Waals surface area contributed by atoms with Gasteiger partial charge in [-0.25, -0.2) is 13.2 Å². The fourth-order valence-corrected chi connectivity index (χ4v) is 4.93. The summed E-state index contributed by atoms with van der Waals surface area (Å²) in [6.07, 6.45) is 1.73. The highest BCUT2D eigenvalue weighted by molar-refractivity contribution is 7.89. The van der Waals surface area contributed by atoms with Gasteiger partial charge in [-0.2, -0.15) is 4.31 Å². The van der Waals surface area contributed by atoms with Crippen LogP contribution in [0.5, 0.6) is 0 Å². The molecule has 1 aliphatic rings. The lowest BCUT2D eigenvalue weighted by molar-refractivity contribution is 0.270. The van der Waals surface area contributed by atoms with E-state index in [9.17, 15) is 13.2 Å². The normalized spacial score (nSPS) is 16.9. The zero-order valence-electron chi connectivity index (χ0n) is 14.7. The van der Waals surface area contributed by atoms with Gasteiger partial charge in [-0.1, -0.05) is 0 Å². The van der Waals surface area contributed by atoms with Crippen molar-refractivity contribution in [2.75, 3.05) is 26.7 Å². The third-order valence-electron chi connectivity index (χ3n) is 4.95. The quantitative estimate of drug-likeness (QED) is 0.845. The van der Waals surface area contributed by atoms with Crippen LogP contribution in [0.15, 0.2) is 27.9 Å². The van der Waals surface area contributed by atoms with Gasteiger partial charge >= 0.3 is 5.69 Å². The molecule has 1 saturated heterocycles. The number of halogens is 1. The number of nitrogens with zero attached hydrogens (tertiary/aromatic N) is 3. The lowest BCUT2D eigenvalue weighted by Gasteiger charge is -2.31. The average Bonchev–Trinajstić information content (AvgIpc) is 2.80. The van der Waals surface area contributed by atoms with E-state index in [-0.39, 0.29) is 23.0 Å². The van der Waals surface area contributed by atoms with E-state index in [2.05, 4.69) is 5.32 Å². The summed E-state index contributed by atoms with van der Waals surface area (Å²) >= 11 is 0. The summed E-state index contributed by atoms with van der Waals surface area (Å²) in [5.74, 6) is 0.527. The first-order valence-electron chi connectivity index (χ1n) is 8.16. The molecule has 3 rings (SSSR count). The Balaban J connectivity index is 0.00000225. The first-order chi connectivity index (χ1) is 11.4. The summed E-state index contributed by atoms with van der Waals surface area (Å²) in [6, 6.07) is 4.90. The van der Waals surface area contributed by atoms with Gasteiger partial charge in [0.25, 0.3) is 0 Å². The summed E-state index contributed by atoms with van der Waals surface area (Å²) in [5.41, 5.74) is 1.20. The lowest BCUT2D eigenvalue weighted by atomic mass is 9.98. The third kappa shape index (κ3) is 3.48. The standard InChI is InChI=1S/C16H24N4O3S.ClH/c1-17-11-12-6-8-20(9-7-12)24(22,23)13-4-5-14-15(10-13)19(3)16(21)18(14)2;/h4-5,10,12,17H,6-9,11H2,1-3H3;1H. The van der Waals surface area contributed by atoms with Crippen LogP contribution in [0.2, 0.25) is 0 Å². The Morgan fingerprint density at radius 1 is 1.12 bits per heavy atom. The Labute approximate surface area is 154 Å². The van der Waals surface area contributed by atoms with Gasteiger partial charge in [-0.15, -0.1) is 12.4 Å². The summed E-state index contributed by atoms with van der Waals surface area (Å²) in [6.45, 7) is 2.01. The van der Waals surface area contributed by atoms with Gasteiger partial charge in [-0.3, -0.25) is 9.13 Å². The number of hydrogen-bond donors (Lipinski definition) is 1. The Morgan fingerprint density at radius 2 is 1.72 bits per heavy atom. The summed E-state index contributed by atoms with van der Waals surface area (Å²) < 4.78 is 30.4. The molecule has 2 aromatic rings. The number of aromatic nitrogens is 2. The van der Waals surface area contributed by atoms with Crippen molar-refractivity contribution in [2.24, 2.45) is 20.0 Å². The van der Waals surface area contributed by atoms with E-state index >= 15 is 0 Å². The van der Waals surface area contributed by atoms with Crippen LogP contribution in [0, 0.1) is 5.92 Å². The second-order valence-electron chi connectivity index (χ2n) is 6.46. The van der Waals surface area contributed by atoms with Crippen LogP contribution in [0.4, 0.5) is 0 Å². The molecule has 2 heterocycles. The first-order valence-corrected chi connectivity index (χ1v) is 9.60. The van der Waals surface area contributed by atoms with Gasteiger partial charge in [0.1, 0.15) is 0 Å². The Morgan fingerprint density at radius 3 is 2.32 bits per heavy atom. The maximum absolute atomic E-state index is 12.9. The van der Waals surface area contributed by atoms with E-state index in [0.717, 1.165) is 24.9 Å². The molecule has 0 aliphatic carbocycles. The van der Waals surface area contributed by atoms with Crippen molar-refractivity contribution >= 4 is 33.5 Å². The third-order valence-corrected chi connectivity index (χ3v) is 6.84. The number of benzene rings is 1. The van der Waals surface area contributed by atoms with E-state index in [0.29, 0.717) is 24.5 Å². The molecule has 1 aromatic heterocycles. The van der Waals surface area contributed by atoms with E-state index in [4.69, 9.17) is 0 Å². The summed E-state index contributed by atoms with van der Waals surface area (Å²) in [4.78, 5) is 12.3. The number of aryl methyl sites for hydroxylation is 2. The maximum atomic E-state index is 12.9. The molecule has 140 valence electrons. The molecule has 9 heteroatoms. The zero-order valence-corrected chi connectivity index (χ0v) is 16.4. The van der Waals surface area contributed by atoms with Crippen molar-refractivity contribution in [3.05, 3.63) is 28.7 Å². The van der Waals surface area contributed by atoms with Gasteiger partial charge < -0.3 is 5.32 Å². The molecule has 0 radical (unpaired) electrons. The number of nitrogens with one attached hydrogen (secondary N) is 1. The highest BCUT2D eigenvalue weighted by Gasteiger charge is 2.29. The molecule has 0 unspecified atom stereocenters. The topological polar surface area (TPSA) is 76.3 Å². The summed E-state index contributed by atoms with van der Waals surface area (Å²) in [5, 5.41) is 3.15. The van der Waals surface area contributed by atoms with Crippen LogP contribution in [0.1, 0.15) is 12.8 Å². The highest BCUT2D eigenvalue weighted by Crippen LogP contribution is 2.25. The van der Waals surface area contributed by atoms with Crippen molar-refractivity contribution < 1.29 is 8.42 Å². The fourth-order valence-electron chi connectivity index (χ4n) is 3.44. The van der Waals surface area contributed by atoms with Crippen molar-refractivity contribution in [1.29, 1.82) is 0 Å². The average molecular weight is 389 g/mol. The number of fused-ring (bicyclic) bond motifs is 1. The first kappa shape index (κ1) is 20.0.